The molecule has 12 heteroatoms. The Labute approximate surface area is 169 Å². The van der Waals surface area contributed by atoms with Gasteiger partial charge in [-0.05, 0) is 61.7 Å². The predicted molar refractivity (Wildman–Crippen MR) is 103 cm³/mol. The topological polar surface area (TPSA) is 118 Å². The molecule has 0 spiro atoms. The van der Waals surface area contributed by atoms with Crippen molar-refractivity contribution in [2.75, 3.05) is 5.32 Å². The molecule has 0 saturated heterocycles. The zero-order valence-electron chi connectivity index (χ0n) is 15.5. The van der Waals surface area contributed by atoms with E-state index < -0.39 is 33.4 Å². The number of carbonyl (C=O) groups excluding carboxylic acids is 1. The summed E-state index contributed by atoms with van der Waals surface area (Å²) in [7, 11) is -3.64. The Morgan fingerprint density at radius 3 is 2.62 bits per heavy atom. The fraction of sp³-hybridized carbons (Fsp3) is 0.412. The molecule has 4 N–H and O–H groups in total. The third kappa shape index (κ3) is 4.77. The second kappa shape index (κ2) is 7.35. The van der Waals surface area contributed by atoms with E-state index in [2.05, 4.69) is 14.7 Å². The van der Waals surface area contributed by atoms with Crippen molar-refractivity contribution in [1.29, 1.82) is 0 Å². The van der Waals surface area contributed by atoms with E-state index in [9.17, 15) is 27.3 Å². The number of amides is 2. The number of hydrogen-bond donors (Lipinski definition) is 3. The molecule has 0 radical (unpaired) electrons. The highest BCUT2D eigenvalue weighted by Gasteiger charge is 2.35. The minimum atomic E-state index is -4.67. The highest BCUT2D eigenvalue weighted by atomic mass is 32.2. The molecule has 0 fully saturated rings. The molecular formula is C17H19F3N4O3S2. The van der Waals surface area contributed by atoms with E-state index in [0.29, 0.717) is 30.4 Å². The monoisotopic (exact) mass is 448 g/mol. The normalized spacial score (nSPS) is 16.2. The SMILES string of the molecule is CC(C)(O)c1csc([S@@](N)(=O)=NC(=O)Nc2cc(C(F)(F)F)nc3c2CCC3)c1. The molecule has 0 bridgehead atoms. The van der Waals surface area contributed by atoms with Gasteiger partial charge in [0.15, 0.2) is 9.92 Å². The summed E-state index contributed by atoms with van der Waals surface area (Å²) in [6.45, 7) is 3.06. The van der Waals surface area contributed by atoms with Crippen LogP contribution in [0.5, 0.6) is 0 Å². The molecule has 29 heavy (non-hydrogen) atoms. The number of thiophene rings is 1. The molecule has 2 aromatic heterocycles. The molecule has 2 amide bonds. The van der Waals surface area contributed by atoms with Crippen molar-refractivity contribution in [1.82, 2.24) is 4.98 Å². The third-order valence-electron chi connectivity index (χ3n) is 4.37. The zero-order valence-corrected chi connectivity index (χ0v) is 17.2. The molecule has 7 nitrogen and oxygen atoms in total. The lowest BCUT2D eigenvalue weighted by atomic mass is 10.0. The zero-order chi connectivity index (χ0) is 21.6. The summed E-state index contributed by atoms with van der Waals surface area (Å²) in [6, 6.07) is 1.01. The minimum Gasteiger partial charge on any atom is -0.386 e. The molecule has 158 valence electrons. The quantitative estimate of drug-likeness (QED) is 0.662. The number of urea groups is 1. The largest absolute Gasteiger partial charge is 0.433 e. The summed E-state index contributed by atoms with van der Waals surface area (Å²) in [5.41, 5.74) is -1.14. The van der Waals surface area contributed by atoms with Gasteiger partial charge in [0, 0.05) is 11.4 Å². The van der Waals surface area contributed by atoms with E-state index in [1.54, 1.807) is 5.38 Å². The summed E-state index contributed by atoms with van der Waals surface area (Å²) in [4.78, 5) is 15.9. The van der Waals surface area contributed by atoms with Gasteiger partial charge in [-0.15, -0.1) is 15.7 Å². The highest BCUT2D eigenvalue weighted by molar-refractivity contribution is 7.93. The van der Waals surface area contributed by atoms with Crippen molar-refractivity contribution >= 4 is 33.0 Å². The van der Waals surface area contributed by atoms with Gasteiger partial charge in [-0.1, -0.05) is 0 Å². The second-order valence-electron chi connectivity index (χ2n) is 7.14. The summed E-state index contributed by atoms with van der Waals surface area (Å²) < 4.78 is 55.5. The van der Waals surface area contributed by atoms with Gasteiger partial charge in [0.1, 0.15) is 9.90 Å². The van der Waals surface area contributed by atoms with E-state index in [0.717, 1.165) is 17.4 Å². The summed E-state index contributed by atoms with van der Waals surface area (Å²) >= 11 is 0.965. The molecule has 1 aliphatic rings. The van der Waals surface area contributed by atoms with Crippen molar-refractivity contribution in [2.45, 2.75) is 49.1 Å². The lowest BCUT2D eigenvalue weighted by Gasteiger charge is -2.14. The standard InChI is InChI=1S/C17H19F3N4O3S2/c1-16(2,26)9-6-14(28-8-9)29(21,27)24-15(25)23-12-7-13(17(18,19)20)22-11-5-3-4-10(11)12/h6-8,26H,3-5H2,1-2H3,(H3,21,22,23,24,25,27)/t29-/m0/s1. The first-order valence-corrected chi connectivity index (χ1v) is 11.0. The van der Waals surface area contributed by atoms with Crippen LogP contribution < -0.4 is 10.5 Å². The number of fused-ring (bicyclic) bond motifs is 1. The van der Waals surface area contributed by atoms with Crippen molar-refractivity contribution < 1.29 is 27.3 Å². The van der Waals surface area contributed by atoms with Crippen molar-refractivity contribution in [3.8, 4) is 0 Å². The number of aliphatic hydroxyl groups is 1. The van der Waals surface area contributed by atoms with Crippen LogP contribution in [0.3, 0.4) is 0 Å². The average molecular weight is 448 g/mol. The first-order valence-electron chi connectivity index (χ1n) is 8.54. The van der Waals surface area contributed by atoms with Gasteiger partial charge in [0.25, 0.3) is 0 Å². The number of halogens is 3. The van der Waals surface area contributed by atoms with Crippen molar-refractivity contribution in [3.05, 3.63) is 40.0 Å². The van der Waals surface area contributed by atoms with Gasteiger partial charge in [0.05, 0.1) is 5.60 Å². The number of aryl methyl sites for hydroxylation is 1. The number of nitrogens with zero attached hydrogens (tertiary/aromatic N) is 2. The Hall–Kier alpha value is -2.02. The van der Waals surface area contributed by atoms with Gasteiger partial charge in [0.2, 0.25) is 0 Å². The van der Waals surface area contributed by atoms with Gasteiger partial charge >= 0.3 is 12.2 Å². The molecular weight excluding hydrogens is 429 g/mol. The van der Waals surface area contributed by atoms with Gasteiger partial charge < -0.3 is 10.4 Å². The lowest BCUT2D eigenvalue weighted by molar-refractivity contribution is -0.141. The van der Waals surface area contributed by atoms with Gasteiger partial charge in [-0.2, -0.15) is 13.2 Å². The van der Waals surface area contributed by atoms with Crippen LogP contribution in [0.2, 0.25) is 0 Å². The fourth-order valence-corrected chi connectivity index (χ4v) is 5.18. The van der Waals surface area contributed by atoms with Crippen molar-refractivity contribution in [3.63, 3.8) is 0 Å². The van der Waals surface area contributed by atoms with Crippen LogP contribution in [0.25, 0.3) is 0 Å². The molecule has 2 aromatic rings. The van der Waals surface area contributed by atoms with Crippen LogP contribution in [0.15, 0.2) is 26.1 Å². The predicted octanol–water partition coefficient (Wildman–Crippen LogP) is 3.81. The van der Waals surface area contributed by atoms with Crippen LogP contribution in [0.1, 0.15) is 42.8 Å². The molecule has 0 aromatic carbocycles. The molecule has 0 saturated carbocycles. The summed E-state index contributed by atoms with van der Waals surface area (Å²) in [5, 5.41) is 19.5. The molecule has 1 aliphatic carbocycles. The number of rotatable bonds is 3. The number of nitrogens with two attached hydrogens (primary N) is 1. The van der Waals surface area contributed by atoms with E-state index >= 15 is 0 Å². The van der Waals surface area contributed by atoms with E-state index in [4.69, 9.17) is 5.14 Å². The molecule has 2 heterocycles. The summed E-state index contributed by atoms with van der Waals surface area (Å²) in [5.74, 6) is 0. The molecule has 0 aliphatic heterocycles. The highest BCUT2D eigenvalue weighted by Crippen LogP contribution is 2.35. The fourth-order valence-electron chi connectivity index (χ4n) is 2.90. The first kappa shape index (κ1) is 21.7. The Balaban J connectivity index is 1.91. The molecule has 3 rings (SSSR count). The smallest absolute Gasteiger partial charge is 0.386 e. The first-order chi connectivity index (χ1) is 13.3. The van der Waals surface area contributed by atoms with Crippen LogP contribution >= 0.6 is 11.3 Å². The molecule has 0 unspecified atom stereocenters. The second-order valence-corrected chi connectivity index (χ2v) is 10.1. The number of pyridine rings is 1. The van der Waals surface area contributed by atoms with Crippen LogP contribution in [0, 0.1) is 0 Å². The Morgan fingerprint density at radius 2 is 2.03 bits per heavy atom. The van der Waals surface area contributed by atoms with E-state index in [1.807, 2.05) is 0 Å². The number of alkyl halides is 3. The third-order valence-corrected chi connectivity index (χ3v) is 7.23. The van der Waals surface area contributed by atoms with Gasteiger partial charge in [-0.3, -0.25) is 0 Å². The van der Waals surface area contributed by atoms with Gasteiger partial charge in [-0.25, -0.2) is 19.1 Å². The van der Waals surface area contributed by atoms with Crippen LogP contribution in [-0.2, 0) is 34.5 Å². The number of aromatic nitrogens is 1. The number of nitrogens with one attached hydrogen (secondary N) is 1. The maximum Gasteiger partial charge on any atom is 0.433 e. The maximum atomic E-state index is 13.1. The number of carbonyl (C=O) groups is 1. The number of anilines is 1. The van der Waals surface area contributed by atoms with Crippen LogP contribution in [-0.4, -0.2) is 20.3 Å². The lowest BCUT2D eigenvalue weighted by Crippen LogP contribution is -2.19. The van der Waals surface area contributed by atoms with E-state index in [1.165, 1.54) is 19.9 Å². The maximum absolute atomic E-state index is 13.1. The Kier molecular flexibility index (Phi) is 5.49. The summed E-state index contributed by atoms with van der Waals surface area (Å²) in [6.07, 6.45) is -3.21. The van der Waals surface area contributed by atoms with Crippen molar-refractivity contribution in [2.24, 2.45) is 9.50 Å². The molecule has 1 atom stereocenters. The minimum absolute atomic E-state index is 0.0628. The average Bonchev–Trinajstić information content (AvgIpc) is 3.22. The Morgan fingerprint density at radius 1 is 1.34 bits per heavy atom. The Bertz CT molecular complexity index is 1080. The van der Waals surface area contributed by atoms with Crippen LogP contribution in [0.4, 0.5) is 23.7 Å². The number of hydrogen-bond acceptors (Lipinski definition) is 5. The van der Waals surface area contributed by atoms with E-state index in [-0.39, 0.29) is 15.6 Å².